The first-order valence-electron chi connectivity index (χ1n) is 24.3. The summed E-state index contributed by atoms with van der Waals surface area (Å²) in [4.78, 5) is 25.4. The van der Waals surface area contributed by atoms with E-state index in [9.17, 15) is 19.8 Å². The average Bonchev–Trinajstić information content (AvgIpc) is 3.21. The van der Waals surface area contributed by atoms with Crippen LogP contribution in [0.5, 0.6) is 0 Å². The minimum Gasteiger partial charge on any atom is -0.392 e. The lowest BCUT2D eigenvalue weighted by molar-refractivity contribution is -0.117. The maximum Gasteiger partial charge on any atom is 0.188 e. The second-order valence-corrected chi connectivity index (χ2v) is 18.8. The Morgan fingerprint density at radius 3 is 0.794 bits per heavy atom. The highest BCUT2D eigenvalue weighted by molar-refractivity contribution is 6.25. The first-order valence-corrected chi connectivity index (χ1v) is 24.3. The molecule has 63 heavy (non-hydrogen) atoms. The van der Waals surface area contributed by atoms with Crippen molar-refractivity contribution in [3.05, 3.63) is 139 Å². The maximum atomic E-state index is 12.8. The molecule has 0 saturated heterocycles. The van der Waals surface area contributed by atoms with Gasteiger partial charge in [-0.05, 0) is 205 Å². The predicted octanol–water partition coefficient (Wildman–Crippen LogP) is 16.6. The summed E-state index contributed by atoms with van der Waals surface area (Å²) in [5.74, 6) is -0.678. The summed E-state index contributed by atoms with van der Waals surface area (Å²) >= 11 is 0. The summed E-state index contributed by atoms with van der Waals surface area (Å²) < 4.78 is 0. The van der Waals surface area contributed by atoms with Crippen molar-refractivity contribution >= 4 is 11.6 Å². The van der Waals surface area contributed by atoms with Crippen molar-refractivity contribution in [3.63, 3.8) is 0 Å². The van der Waals surface area contributed by atoms with E-state index in [1.807, 2.05) is 6.08 Å². The topological polar surface area (TPSA) is 74.6 Å². The number of aliphatic hydroxyl groups is 2. The fourth-order valence-electron chi connectivity index (χ4n) is 7.72. The summed E-state index contributed by atoms with van der Waals surface area (Å²) in [5.41, 5.74) is 15.3. The van der Waals surface area contributed by atoms with Gasteiger partial charge in [-0.15, -0.1) is 0 Å². The van der Waals surface area contributed by atoms with Gasteiger partial charge in [-0.3, -0.25) is 9.59 Å². The van der Waals surface area contributed by atoms with Gasteiger partial charge in [0.05, 0.1) is 13.2 Å². The van der Waals surface area contributed by atoms with Gasteiger partial charge in [-0.1, -0.05) is 116 Å². The van der Waals surface area contributed by atoms with Crippen LogP contribution in [0, 0.1) is 0 Å². The molecular formula is C59H90O4. The van der Waals surface area contributed by atoms with Crippen LogP contribution in [0.2, 0.25) is 0 Å². The Morgan fingerprint density at radius 1 is 0.333 bits per heavy atom. The molecule has 0 fully saturated rings. The number of hydrogen-bond donors (Lipinski definition) is 2. The van der Waals surface area contributed by atoms with E-state index < -0.39 is 13.2 Å². The van der Waals surface area contributed by atoms with Crippen molar-refractivity contribution in [2.75, 3.05) is 13.2 Å². The lowest BCUT2D eigenvalue weighted by Crippen LogP contribution is -2.26. The van der Waals surface area contributed by atoms with Crippen molar-refractivity contribution in [2.45, 2.75) is 205 Å². The zero-order valence-electron chi connectivity index (χ0n) is 42.3. The van der Waals surface area contributed by atoms with Gasteiger partial charge in [0.15, 0.2) is 11.6 Å². The molecule has 0 aromatic heterocycles. The number of rotatable bonds is 31. The molecule has 0 saturated carbocycles. The fraction of sp³-hybridized carbons (Fsp3) is 0.559. The van der Waals surface area contributed by atoms with Crippen LogP contribution in [-0.4, -0.2) is 35.0 Å². The van der Waals surface area contributed by atoms with Crippen LogP contribution < -0.4 is 0 Å². The number of Topliss-reactive ketones (excluding diaryl/α,β-unsaturated/α-hetero) is 2. The van der Waals surface area contributed by atoms with E-state index >= 15 is 0 Å². The van der Waals surface area contributed by atoms with E-state index in [1.54, 1.807) is 6.92 Å². The Kier molecular flexibility index (Phi) is 30.5. The van der Waals surface area contributed by atoms with Gasteiger partial charge in [0.25, 0.3) is 0 Å². The molecule has 0 radical (unpaired) electrons. The number of allylic oxidation sites excluding steroid dienone is 22. The lowest BCUT2D eigenvalue weighted by Gasteiger charge is -2.20. The molecule has 0 aliphatic heterocycles. The molecule has 1 aliphatic rings. The molecule has 350 valence electrons. The number of aliphatic hydroxyl groups excluding tert-OH is 2. The Labute approximate surface area is 387 Å². The van der Waals surface area contributed by atoms with Gasteiger partial charge >= 0.3 is 0 Å². The van der Waals surface area contributed by atoms with Crippen molar-refractivity contribution in [1.82, 2.24) is 0 Å². The minimum absolute atomic E-state index is 0.0156. The Bertz CT molecular complexity index is 1840. The van der Waals surface area contributed by atoms with Crippen LogP contribution in [0.4, 0.5) is 0 Å². The molecule has 1 rings (SSSR count). The van der Waals surface area contributed by atoms with Crippen LogP contribution in [0.15, 0.2) is 139 Å². The average molecular weight is 863 g/mol. The smallest absolute Gasteiger partial charge is 0.188 e. The van der Waals surface area contributed by atoms with Gasteiger partial charge in [0.2, 0.25) is 0 Å². The summed E-state index contributed by atoms with van der Waals surface area (Å²) in [6.45, 7) is 25.1. The van der Waals surface area contributed by atoms with E-state index in [0.717, 1.165) is 108 Å². The first-order chi connectivity index (χ1) is 30.0. The molecule has 4 nitrogen and oxygen atoms in total. The Balaban J connectivity index is 2.31. The molecule has 0 aromatic carbocycles. The number of ketones is 2. The predicted molar refractivity (Wildman–Crippen MR) is 275 cm³/mol. The van der Waals surface area contributed by atoms with Crippen LogP contribution in [-0.2, 0) is 9.59 Å². The molecule has 0 bridgehead atoms. The van der Waals surface area contributed by atoms with Crippen LogP contribution in [0.1, 0.15) is 205 Å². The normalized spacial score (nSPS) is 16.0. The van der Waals surface area contributed by atoms with E-state index in [4.69, 9.17) is 0 Å². The zero-order valence-corrected chi connectivity index (χ0v) is 42.3. The van der Waals surface area contributed by atoms with E-state index in [1.165, 1.54) is 63.0 Å². The molecule has 0 atom stereocenters. The highest BCUT2D eigenvalue weighted by atomic mass is 16.3. The van der Waals surface area contributed by atoms with Crippen LogP contribution >= 0.6 is 0 Å². The first kappa shape index (κ1) is 57.2. The van der Waals surface area contributed by atoms with Gasteiger partial charge < -0.3 is 10.2 Å². The molecule has 1 aliphatic carbocycles. The Morgan fingerprint density at radius 2 is 0.556 bits per heavy atom. The molecule has 0 aromatic rings. The highest BCUT2D eigenvalue weighted by Gasteiger charge is 2.30. The van der Waals surface area contributed by atoms with Gasteiger partial charge in [0, 0.05) is 22.3 Å². The number of carbonyl (C=O) groups is 2. The monoisotopic (exact) mass is 863 g/mol. The lowest BCUT2D eigenvalue weighted by atomic mass is 9.83. The molecule has 0 spiro atoms. The summed E-state index contributed by atoms with van der Waals surface area (Å²) in [5, 5.41) is 19.1. The summed E-state index contributed by atoms with van der Waals surface area (Å²) in [7, 11) is 0. The third-order valence-corrected chi connectivity index (χ3v) is 12.3. The van der Waals surface area contributed by atoms with Crippen molar-refractivity contribution in [2.24, 2.45) is 0 Å². The van der Waals surface area contributed by atoms with Gasteiger partial charge in [-0.2, -0.15) is 0 Å². The Hall–Kier alpha value is -3.86. The SMILES string of the molecule is CC(C)=CCC/C(C)=C/CC/C(C)=C/CC/C(C)=C/CC/C(C)=C/CC/C(C)=C/CC/C(C)=C/CC/C(C)=C/CC/C(C)=C/CC/C(C)=C/CC1=C(C)C(=O)C(CO)=C(CO)C1=O. The highest BCUT2D eigenvalue weighted by Crippen LogP contribution is 2.28. The van der Waals surface area contributed by atoms with Crippen molar-refractivity contribution in [1.29, 1.82) is 0 Å². The zero-order chi connectivity index (χ0) is 47.2. The number of carbonyl (C=O) groups excluding carboxylic acids is 2. The van der Waals surface area contributed by atoms with Gasteiger partial charge in [-0.25, -0.2) is 0 Å². The molecular weight excluding hydrogens is 773 g/mol. The van der Waals surface area contributed by atoms with Crippen molar-refractivity contribution in [3.8, 4) is 0 Å². The van der Waals surface area contributed by atoms with Gasteiger partial charge in [0.1, 0.15) is 0 Å². The molecule has 0 amide bonds. The van der Waals surface area contributed by atoms with E-state index in [0.29, 0.717) is 17.6 Å². The summed E-state index contributed by atoms with van der Waals surface area (Å²) in [6, 6.07) is 0. The van der Waals surface area contributed by atoms with Crippen molar-refractivity contribution < 1.29 is 19.8 Å². The van der Waals surface area contributed by atoms with Crippen LogP contribution in [0.25, 0.3) is 0 Å². The fourth-order valence-corrected chi connectivity index (χ4v) is 7.72. The second-order valence-electron chi connectivity index (χ2n) is 18.8. The maximum absolute atomic E-state index is 12.8. The molecule has 0 unspecified atom stereocenters. The second kappa shape index (κ2) is 33.6. The van der Waals surface area contributed by atoms with E-state index in [2.05, 4.69) is 131 Å². The largest absolute Gasteiger partial charge is 0.392 e. The third kappa shape index (κ3) is 26.5. The van der Waals surface area contributed by atoms with E-state index in [-0.39, 0.29) is 22.7 Å². The number of hydrogen-bond acceptors (Lipinski definition) is 4. The quantitative estimate of drug-likeness (QED) is 0.0538. The molecule has 0 heterocycles. The summed E-state index contributed by atoms with van der Waals surface area (Å²) in [6.07, 6.45) is 43.9. The standard InChI is InChI=1S/C59H90O4/c1-44(2)22-13-23-45(3)24-14-25-46(4)26-15-27-47(5)28-16-29-48(6)30-17-31-49(7)32-18-33-50(8)34-19-35-51(9)36-20-37-52(10)38-21-39-53(11)40-41-55-54(12)58(62)56(42-60)57(43-61)59(55)63/h22,24,26,28,30,32,34,36,38,40,60-61H,13-21,23,25,27,29,31,33,35,37,39,41-43H2,1-12H3/b45-24+,46-26+,47-28+,48-30+,49-32+,50-34+,51-36+,52-38+,53-40+. The third-order valence-electron chi connectivity index (χ3n) is 12.3. The van der Waals surface area contributed by atoms with Crippen LogP contribution in [0.3, 0.4) is 0 Å². The molecule has 4 heteroatoms. The molecule has 2 N–H and O–H groups in total. The minimum atomic E-state index is -0.540.